The molecule has 0 fully saturated rings. The summed E-state index contributed by atoms with van der Waals surface area (Å²) in [5.74, 6) is -0.541. The molecule has 1 aromatic rings. The van der Waals surface area contributed by atoms with E-state index >= 15 is 0 Å². The number of aryl methyl sites for hydroxylation is 2. The van der Waals surface area contributed by atoms with Gasteiger partial charge in [0, 0.05) is 6.92 Å². The summed E-state index contributed by atoms with van der Waals surface area (Å²) >= 11 is 6.04. The first kappa shape index (κ1) is 13.5. The van der Waals surface area contributed by atoms with Gasteiger partial charge in [-0.05, 0) is 31.0 Å². The number of hydrogen-bond donors (Lipinski definition) is 2. The maximum atomic E-state index is 11.5. The van der Waals surface area contributed by atoms with Crippen LogP contribution in [0.2, 0.25) is 5.02 Å². The van der Waals surface area contributed by atoms with Gasteiger partial charge in [-0.3, -0.25) is 9.59 Å². The van der Waals surface area contributed by atoms with Gasteiger partial charge in [-0.15, -0.1) is 0 Å². The molecule has 0 heterocycles. The van der Waals surface area contributed by atoms with Crippen molar-refractivity contribution in [1.82, 2.24) is 5.32 Å². The predicted molar refractivity (Wildman–Crippen MR) is 68.2 cm³/mol. The number of benzene rings is 1. The summed E-state index contributed by atoms with van der Waals surface area (Å²) in [6, 6.07) is 3.71. The van der Waals surface area contributed by atoms with Crippen molar-refractivity contribution in [3.63, 3.8) is 0 Å². The Balaban J connectivity index is 2.75. The zero-order valence-corrected chi connectivity index (χ0v) is 10.8. The Labute approximate surface area is 105 Å². The lowest BCUT2D eigenvalue weighted by Gasteiger charge is -2.11. The molecule has 4 nitrogen and oxygen atoms in total. The highest BCUT2D eigenvalue weighted by Crippen LogP contribution is 2.27. The number of halogens is 1. The number of carbonyl (C=O) groups is 2. The molecular weight excluding hydrogens is 240 g/mol. The topological polar surface area (TPSA) is 58.2 Å². The Morgan fingerprint density at radius 1 is 1.29 bits per heavy atom. The molecular formula is C12H15ClN2O2. The van der Waals surface area contributed by atoms with Gasteiger partial charge in [0.15, 0.2) is 0 Å². The molecule has 0 saturated carbocycles. The van der Waals surface area contributed by atoms with Crippen molar-refractivity contribution in [2.24, 2.45) is 0 Å². The van der Waals surface area contributed by atoms with Crippen molar-refractivity contribution in [2.75, 3.05) is 11.9 Å². The van der Waals surface area contributed by atoms with Gasteiger partial charge in [-0.25, -0.2) is 0 Å². The molecule has 0 unspecified atom stereocenters. The number of anilines is 1. The quantitative estimate of drug-likeness (QED) is 0.867. The fraction of sp³-hybridized carbons (Fsp3) is 0.333. The van der Waals surface area contributed by atoms with E-state index in [1.807, 2.05) is 19.9 Å². The minimum absolute atomic E-state index is 0.0566. The zero-order chi connectivity index (χ0) is 13.0. The Morgan fingerprint density at radius 2 is 1.94 bits per heavy atom. The second kappa shape index (κ2) is 5.68. The molecule has 2 amide bonds. The highest BCUT2D eigenvalue weighted by molar-refractivity contribution is 6.34. The second-order valence-electron chi connectivity index (χ2n) is 3.90. The van der Waals surface area contributed by atoms with Crippen molar-refractivity contribution in [3.8, 4) is 0 Å². The summed E-state index contributed by atoms with van der Waals surface area (Å²) < 4.78 is 0. The molecule has 0 bridgehead atoms. The van der Waals surface area contributed by atoms with Gasteiger partial charge >= 0.3 is 0 Å². The molecule has 0 aromatic heterocycles. The van der Waals surface area contributed by atoms with Crippen LogP contribution >= 0.6 is 11.6 Å². The summed E-state index contributed by atoms with van der Waals surface area (Å²) in [5, 5.41) is 5.60. The first-order chi connectivity index (χ1) is 7.90. The summed E-state index contributed by atoms with van der Waals surface area (Å²) in [4.78, 5) is 22.2. The third-order valence-corrected chi connectivity index (χ3v) is 2.49. The Kier molecular flexibility index (Phi) is 4.52. The second-order valence-corrected chi connectivity index (χ2v) is 4.30. The van der Waals surface area contributed by atoms with Crippen molar-refractivity contribution < 1.29 is 9.59 Å². The Morgan fingerprint density at radius 3 is 2.47 bits per heavy atom. The van der Waals surface area contributed by atoms with E-state index in [2.05, 4.69) is 10.6 Å². The van der Waals surface area contributed by atoms with Gasteiger partial charge in [-0.2, -0.15) is 0 Å². The van der Waals surface area contributed by atoms with Gasteiger partial charge < -0.3 is 10.6 Å². The summed E-state index contributed by atoms with van der Waals surface area (Å²) in [5.41, 5.74) is 2.52. The lowest BCUT2D eigenvalue weighted by molar-refractivity contribution is -0.122. The van der Waals surface area contributed by atoms with Crippen LogP contribution in [-0.2, 0) is 9.59 Å². The van der Waals surface area contributed by atoms with Crippen LogP contribution in [0, 0.1) is 13.8 Å². The molecule has 0 atom stereocenters. The lowest BCUT2D eigenvalue weighted by atomic mass is 10.1. The highest BCUT2D eigenvalue weighted by Gasteiger charge is 2.09. The van der Waals surface area contributed by atoms with Crippen LogP contribution in [0.1, 0.15) is 18.1 Å². The maximum Gasteiger partial charge on any atom is 0.243 e. The first-order valence-electron chi connectivity index (χ1n) is 5.21. The lowest BCUT2D eigenvalue weighted by Crippen LogP contribution is -2.31. The largest absolute Gasteiger partial charge is 0.347 e. The van der Waals surface area contributed by atoms with Crippen LogP contribution < -0.4 is 10.6 Å². The zero-order valence-electron chi connectivity index (χ0n) is 10.1. The average molecular weight is 255 g/mol. The minimum Gasteiger partial charge on any atom is -0.347 e. The van der Waals surface area contributed by atoms with Crippen LogP contribution in [0.15, 0.2) is 12.1 Å². The van der Waals surface area contributed by atoms with Crippen LogP contribution in [0.25, 0.3) is 0 Å². The summed E-state index contributed by atoms with van der Waals surface area (Å²) in [6.45, 7) is 5.10. The third-order valence-electron chi connectivity index (χ3n) is 2.19. The molecule has 0 radical (unpaired) electrons. The van der Waals surface area contributed by atoms with Crippen LogP contribution in [-0.4, -0.2) is 18.4 Å². The highest BCUT2D eigenvalue weighted by atomic mass is 35.5. The van der Waals surface area contributed by atoms with E-state index in [-0.39, 0.29) is 18.4 Å². The molecule has 1 rings (SSSR count). The maximum absolute atomic E-state index is 11.5. The van der Waals surface area contributed by atoms with Gasteiger partial charge in [0.1, 0.15) is 0 Å². The fourth-order valence-corrected chi connectivity index (χ4v) is 1.83. The number of hydrogen-bond acceptors (Lipinski definition) is 2. The smallest absolute Gasteiger partial charge is 0.243 e. The number of nitrogens with one attached hydrogen (secondary N) is 2. The van der Waals surface area contributed by atoms with E-state index in [1.165, 1.54) is 6.92 Å². The molecule has 92 valence electrons. The van der Waals surface area contributed by atoms with Crippen LogP contribution in [0.4, 0.5) is 5.69 Å². The van der Waals surface area contributed by atoms with E-state index in [4.69, 9.17) is 11.6 Å². The normalized spacial score (nSPS) is 9.88. The molecule has 0 aliphatic rings. The van der Waals surface area contributed by atoms with Crippen LogP contribution in [0.3, 0.4) is 0 Å². The van der Waals surface area contributed by atoms with Crippen molar-refractivity contribution >= 4 is 29.1 Å². The average Bonchev–Trinajstić information content (AvgIpc) is 2.20. The van der Waals surface area contributed by atoms with Gasteiger partial charge in [0.05, 0.1) is 17.3 Å². The Bertz CT molecular complexity index is 435. The van der Waals surface area contributed by atoms with E-state index in [1.54, 1.807) is 6.07 Å². The first-order valence-corrected chi connectivity index (χ1v) is 5.59. The predicted octanol–water partition coefficient (Wildman–Crippen LogP) is 2.03. The molecule has 2 N–H and O–H groups in total. The van der Waals surface area contributed by atoms with E-state index < -0.39 is 0 Å². The Hall–Kier alpha value is -1.55. The monoisotopic (exact) mass is 254 g/mol. The molecule has 0 aliphatic carbocycles. The summed E-state index contributed by atoms with van der Waals surface area (Å²) in [7, 11) is 0. The van der Waals surface area contributed by atoms with Crippen molar-refractivity contribution in [2.45, 2.75) is 20.8 Å². The molecule has 1 aromatic carbocycles. The number of carbonyl (C=O) groups excluding carboxylic acids is 2. The van der Waals surface area contributed by atoms with Gasteiger partial charge in [-0.1, -0.05) is 17.7 Å². The fourth-order valence-electron chi connectivity index (χ4n) is 1.46. The molecule has 0 spiro atoms. The number of rotatable bonds is 3. The van der Waals surface area contributed by atoms with Crippen molar-refractivity contribution in [1.29, 1.82) is 0 Å². The molecule has 0 aliphatic heterocycles. The summed E-state index contributed by atoms with van der Waals surface area (Å²) in [6.07, 6.45) is 0. The molecule has 17 heavy (non-hydrogen) atoms. The molecule has 5 heteroatoms. The van der Waals surface area contributed by atoms with Crippen LogP contribution in [0.5, 0.6) is 0 Å². The van der Waals surface area contributed by atoms with E-state index in [0.717, 1.165) is 11.1 Å². The van der Waals surface area contributed by atoms with Crippen molar-refractivity contribution in [3.05, 3.63) is 28.3 Å². The van der Waals surface area contributed by atoms with Gasteiger partial charge in [0.25, 0.3) is 0 Å². The van der Waals surface area contributed by atoms with E-state index in [9.17, 15) is 9.59 Å². The third kappa shape index (κ3) is 4.07. The minimum atomic E-state index is -0.297. The van der Waals surface area contributed by atoms with E-state index in [0.29, 0.717) is 10.7 Å². The number of amides is 2. The SMILES string of the molecule is CC(=O)NCC(=O)Nc1c(C)cc(C)cc1Cl. The van der Waals surface area contributed by atoms with Gasteiger partial charge in [0.2, 0.25) is 11.8 Å². The molecule has 0 saturated heterocycles. The standard InChI is InChI=1S/C12H15ClN2O2/c1-7-4-8(2)12(10(13)5-7)15-11(17)6-14-9(3)16/h4-5H,6H2,1-3H3,(H,14,16)(H,15,17).